The molecule has 0 radical (unpaired) electrons. The van der Waals surface area contributed by atoms with Gasteiger partial charge in [0.25, 0.3) is 5.69 Å². The fraction of sp³-hybridized carbons (Fsp3) is 0.417. The number of carbonyl (C=O) groups excluding carboxylic acids is 1. The lowest BCUT2D eigenvalue weighted by Crippen LogP contribution is -2.63. The van der Waals surface area contributed by atoms with E-state index in [1.807, 2.05) is 0 Å². The summed E-state index contributed by atoms with van der Waals surface area (Å²) < 4.78 is 5.85. The van der Waals surface area contributed by atoms with E-state index in [2.05, 4.69) is 5.32 Å². The number of hydrogen-bond donors (Lipinski definition) is 1. The Labute approximate surface area is 119 Å². The largest absolute Gasteiger partial charge is 0.468 e. The van der Waals surface area contributed by atoms with Crippen molar-refractivity contribution < 1.29 is 14.5 Å². The minimum absolute atomic E-state index is 0.0180. The summed E-state index contributed by atoms with van der Waals surface area (Å²) >= 11 is 6.11. The zero-order valence-electron chi connectivity index (χ0n) is 10.8. The first-order valence-corrected chi connectivity index (χ1v) is 6.41. The number of carbonyl (C=O) groups is 1. The predicted octanol–water partition coefficient (Wildman–Crippen LogP) is 2.44. The predicted molar refractivity (Wildman–Crippen MR) is 70.8 cm³/mol. The second-order valence-corrected chi connectivity index (χ2v) is 5.49. The molecular weight excluding hydrogens is 286 g/mol. The topological polar surface area (TPSA) is 84.7 Å². The molecule has 1 N–H and O–H groups in total. The molecule has 1 aromatic carbocycles. The van der Waals surface area contributed by atoms with E-state index < -0.39 is 10.6 Å². The van der Waals surface area contributed by atoms with E-state index in [1.54, 1.807) is 14.0 Å². The molecule has 0 spiro atoms. The zero-order valence-corrected chi connectivity index (χ0v) is 11.6. The van der Waals surface area contributed by atoms with Crippen molar-refractivity contribution in [3.63, 3.8) is 0 Å². The highest BCUT2D eigenvalue weighted by molar-refractivity contribution is 6.33. The summed E-state index contributed by atoms with van der Waals surface area (Å²) in [4.78, 5) is 23.8. The lowest BCUT2D eigenvalue weighted by molar-refractivity contribution is -0.384. The van der Waals surface area contributed by atoms with Gasteiger partial charge in [-0.3, -0.25) is 15.0 Å². The van der Waals surface area contributed by atoms with Crippen molar-refractivity contribution in [3.05, 3.63) is 32.8 Å². The van der Waals surface area contributed by atoms with E-state index in [0.717, 1.165) is 0 Å². The molecular formula is C12H12ClN3O4. The van der Waals surface area contributed by atoms with Gasteiger partial charge in [0.1, 0.15) is 10.8 Å². The van der Waals surface area contributed by atoms with Crippen LogP contribution in [0.1, 0.15) is 24.9 Å². The molecule has 2 heterocycles. The van der Waals surface area contributed by atoms with Crippen LogP contribution in [-0.4, -0.2) is 28.6 Å². The van der Waals surface area contributed by atoms with Gasteiger partial charge in [-0.15, -0.1) is 0 Å². The molecule has 2 amide bonds. The van der Waals surface area contributed by atoms with Gasteiger partial charge in [0.15, 0.2) is 5.72 Å². The number of urea groups is 1. The Hall–Kier alpha value is -2.02. The Bertz CT molecular complexity index is 635. The molecule has 1 aromatic rings. The lowest BCUT2D eigenvalue weighted by atomic mass is 9.90. The van der Waals surface area contributed by atoms with Crippen LogP contribution in [0.3, 0.4) is 0 Å². The first-order valence-electron chi connectivity index (χ1n) is 6.03. The van der Waals surface area contributed by atoms with Crippen LogP contribution in [0.5, 0.6) is 5.75 Å². The fourth-order valence-corrected chi connectivity index (χ4v) is 3.02. The number of hydrogen-bond acceptors (Lipinski definition) is 4. The maximum atomic E-state index is 11.9. The van der Waals surface area contributed by atoms with E-state index in [1.165, 1.54) is 17.0 Å². The maximum Gasteiger partial charge on any atom is 0.320 e. The van der Waals surface area contributed by atoms with E-state index >= 15 is 0 Å². The number of fused-ring (bicyclic) bond motifs is 4. The molecule has 106 valence electrons. The van der Waals surface area contributed by atoms with Gasteiger partial charge in [-0.25, -0.2) is 4.79 Å². The molecule has 3 rings (SSSR count). The third kappa shape index (κ3) is 1.62. The van der Waals surface area contributed by atoms with Gasteiger partial charge >= 0.3 is 6.03 Å². The average molecular weight is 298 g/mol. The van der Waals surface area contributed by atoms with Crippen LogP contribution in [0.2, 0.25) is 5.02 Å². The molecule has 0 saturated carbocycles. The lowest BCUT2D eigenvalue weighted by Gasteiger charge is -2.49. The highest BCUT2D eigenvalue weighted by Gasteiger charge is 2.48. The quantitative estimate of drug-likeness (QED) is 0.637. The van der Waals surface area contributed by atoms with E-state index in [4.69, 9.17) is 16.3 Å². The summed E-state index contributed by atoms with van der Waals surface area (Å²) in [5.74, 6) is 0.464. The van der Waals surface area contributed by atoms with Crippen LogP contribution in [0.15, 0.2) is 12.1 Å². The number of ether oxygens (including phenoxy) is 1. The van der Waals surface area contributed by atoms with Gasteiger partial charge in [0.2, 0.25) is 0 Å². The Morgan fingerprint density at radius 1 is 1.60 bits per heavy atom. The highest BCUT2D eigenvalue weighted by atomic mass is 35.5. The minimum atomic E-state index is -0.778. The Morgan fingerprint density at radius 3 is 2.95 bits per heavy atom. The number of amides is 2. The number of nitro benzene ring substituents is 1. The van der Waals surface area contributed by atoms with Crippen molar-refractivity contribution in [3.8, 4) is 5.75 Å². The summed E-state index contributed by atoms with van der Waals surface area (Å²) in [6.45, 7) is 1.80. The van der Waals surface area contributed by atoms with Gasteiger partial charge in [0, 0.05) is 25.1 Å². The van der Waals surface area contributed by atoms with Crippen LogP contribution in [-0.2, 0) is 0 Å². The molecule has 0 aliphatic carbocycles. The van der Waals surface area contributed by atoms with Crippen molar-refractivity contribution in [2.24, 2.45) is 0 Å². The molecule has 0 aromatic heterocycles. The van der Waals surface area contributed by atoms with E-state index in [-0.39, 0.29) is 22.8 Å². The highest BCUT2D eigenvalue weighted by Crippen LogP contribution is 2.48. The normalized spacial score (nSPS) is 27.4. The Kier molecular flexibility index (Phi) is 2.59. The molecule has 7 nitrogen and oxygen atoms in total. The first kappa shape index (κ1) is 13.0. The maximum absolute atomic E-state index is 11.9. The molecule has 2 unspecified atom stereocenters. The first-order chi connectivity index (χ1) is 9.33. The van der Waals surface area contributed by atoms with Crippen LogP contribution in [0.25, 0.3) is 0 Å². The Balaban J connectivity index is 2.17. The summed E-state index contributed by atoms with van der Waals surface area (Å²) in [5.41, 5.74) is -0.495. The number of nitrogens with zero attached hydrogens (tertiary/aromatic N) is 2. The third-order valence-corrected chi connectivity index (χ3v) is 4.29. The number of halogens is 1. The summed E-state index contributed by atoms with van der Waals surface area (Å²) in [7, 11) is 1.64. The van der Waals surface area contributed by atoms with Gasteiger partial charge in [0.05, 0.1) is 11.0 Å². The van der Waals surface area contributed by atoms with Gasteiger partial charge in [-0.2, -0.15) is 0 Å². The fourth-order valence-electron chi connectivity index (χ4n) is 2.67. The smallest absolute Gasteiger partial charge is 0.320 e. The molecule has 20 heavy (non-hydrogen) atoms. The molecule has 1 fully saturated rings. The average Bonchev–Trinajstić information content (AvgIpc) is 2.35. The molecule has 8 heteroatoms. The van der Waals surface area contributed by atoms with Crippen molar-refractivity contribution in [2.45, 2.75) is 25.1 Å². The number of benzene rings is 1. The summed E-state index contributed by atoms with van der Waals surface area (Å²) in [6.07, 6.45) is 0.475. The minimum Gasteiger partial charge on any atom is -0.468 e. The second-order valence-electron chi connectivity index (χ2n) is 5.11. The SMILES string of the molecule is CN1C(=O)NC2CC1(C)Oc1ccc([N+](=O)[O-])c(Cl)c12. The van der Waals surface area contributed by atoms with Crippen molar-refractivity contribution in [1.29, 1.82) is 0 Å². The van der Waals surface area contributed by atoms with Gasteiger partial charge < -0.3 is 10.1 Å². The molecule has 2 bridgehead atoms. The van der Waals surface area contributed by atoms with Crippen molar-refractivity contribution >= 4 is 23.3 Å². The standard InChI is InChI=1S/C12H12ClN3O4/c1-12-5-6(14-11(17)15(12)2)9-8(20-12)4-3-7(10(9)13)16(18)19/h3-4,6H,5H2,1-2H3,(H,14,17). The van der Waals surface area contributed by atoms with Crippen LogP contribution in [0.4, 0.5) is 10.5 Å². The van der Waals surface area contributed by atoms with Crippen LogP contribution >= 0.6 is 11.6 Å². The molecule has 2 aliphatic rings. The molecule has 2 aliphatic heterocycles. The number of rotatable bonds is 1. The number of nitrogens with one attached hydrogen (secondary N) is 1. The summed E-state index contributed by atoms with van der Waals surface area (Å²) in [5, 5.41) is 13.7. The van der Waals surface area contributed by atoms with Crippen LogP contribution < -0.4 is 10.1 Å². The van der Waals surface area contributed by atoms with E-state index in [0.29, 0.717) is 17.7 Å². The van der Waals surface area contributed by atoms with Crippen LogP contribution in [0, 0.1) is 10.1 Å². The Morgan fingerprint density at radius 2 is 2.30 bits per heavy atom. The summed E-state index contributed by atoms with van der Waals surface area (Å²) in [6, 6.07) is 2.15. The van der Waals surface area contributed by atoms with Crippen molar-refractivity contribution in [1.82, 2.24) is 10.2 Å². The van der Waals surface area contributed by atoms with Gasteiger partial charge in [-0.05, 0) is 13.0 Å². The third-order valence-electron chi connectivity index (χ3n) is 3.89. The second kappa shape index (κ2) is 3.99. The molecule has 1 saturated heterocycles. The van der Waals surface area contributed by atoms with E-state index in [9.17, 15) is 14.9 Å². The van der Waals surface area contributed by atoms with Gasteiger partial charge in [-0.1, -0.05) is 11.6 Å². The zero-order chi connectivity index (χ0) is 14.7. The monoisotopic (exact) mass is 297 g/mol. The van der Waals surface area contributed by atoms with Crippen molar-refractivity contribution in [2.75, 3.05) is 7.05 Å². The number of nitro groups is 1. The molecule has 2 atom stereocenters.